The van der Waals surface area contributed by atoms with Crippen molar-refractivity contribution in [3.05, 3.63) is 84.1 Å². The molecule has 2 aromatic carbocycles. The van der Waals surface area contributed by atoms with Crippen LogP contribution in [0.25, 0.3) is 0 Å². The summed E-state index contributed by atoms with van der Waals surface area (Å²) in [7, 11) is 1.57. The van der Waals surface area contributed by atoms with E-state index in [1.807, 2.05) is 39.0 Å². The van der Waals surface area contributed by atoms with Crippen LogP contribution in [0.1, 0.15) is 43.9 Å². The average molecular weight is 489 g/mol. The SMILES string of the molecule is COc1ccc([C@H](C(=O)NC(C)C)N(C(=O)CCC(=O)Nc2ccccn2)c2cccc(C)c2)cc1. The van der Waals surface area contributed by atoms with Gasteiger partial charge >= 0.3 is 0 Å². The highest BCUT2D eigenvalue weighted by atomic mass is 16.5. The molecule has 0 spiro atoms. The molecule has 3 amide bonds. The summed E-state index contributed by atoms with van der Waals surface area (Å²) in [5.41, 5.74) is 2.14. The van der Waals surface area contributed by atoms with E-state index in [-0.39, 0.29) is 36.6 Å². The van der Waals surface area contributed by atoms with E-state index in [9.17, 15) is 14.4 Å². The van der Waals surface area contributed by atoms with Crippen LogP contribution in [0.5, 0.6) is 5.75 Å². The zero-order chi connectivity index (χ0) is 26.1. The molecule has 188 valence electrons. The fourth-order valence-electron chi connectivity index (χ4n) is 3.77. The van der Waals surface area contributed by atoms with Gasteiger partial charge in [-0.25, -0.2) is 4.98 Å². The van der Waals surface area contributed by atoms with Crippen molar-refractivity contribution in [2.75, 3.05) is 17.3 Å². The molecule has 1 aromatic heterocycles. The van der Waals surface area contributed by atoms with E-state index < -0.39 is 6.04 Å². The number of carbonyl (C=O) groups excluding carboxylic acids is 3. The molecule has 0 saturated heterocycles. The van der Waals surface area contributed by atoms with Crippen LogP contribution in [0, 0.1) is 6.92 Å². The Hall–Kier alpha value is -4.20. The summed E-state index contributed by atoms with van der Waals surface area (Å²) in [4.78, 5) is 45.2. The third-order valence-electron chi connectivity index (χ3n) is 5.42. The monoisotopic (exact) mass is 488 g/mol. The molecule has 0 radical (unpaired) electrons. The van der Waals surface area contributed by atoms with Crippen molar-refractivity contribution in [2.45, 2.75) is 45.7 Å². The Morgan fingerprint density at radius 1 is 0.972 bits per heavy atom. The summed E-state index contributed by atoms with van der Waals surface area (Å²) in [6.07, 6.45) is 1.43. The topological polar surface area (TPSA) is 101 Å². The molecule has 0 bridgehead atoms. The number of amides is 3. The van der Waals surface area contributed by atoms with Crippen molar-refractivity contribution in [3.63, 3.8) is 0 Å². The number of ether oxygens (including phenoxy) is 1. The van der Waals surface area contributed by atoms with E-state index in [0.717, 1.165) is 5.56 Å². The maximum atomic E-state index is 13.7. The van der Waals surface area contributed by atoms with Gasteiger partial charge in [-0.3, -0.25) is 19.3 Å². The van der Waals surface area contributed by atoms with Crippen LogP contribution in [-0.4, -0.2) is 35.9 Å². The molecule has 0 aliphatic carbocycles. The number of pyridine rings is 1. The Morgan fingerprint density at radius 2 is 1.72 bits per heavy atom. The van der Waals surface area contributed by atoms with Crippen molar-refractivity contribution >= 4 is 29.2 Å². The Bertz CT molecular complexity index is 1180. The van der Waals surface area contributed by atoms with Crippen LogP contribution in [0.2, 0.25) is 0 Å². The molecule has 1 heterocycles. The second-order valence-corrected chi connectivity index (χ2v) is 8.70. The molecule has 8 nitrogen and oxygen atoms in total. The summed E-state index contributed by atoms with van der Waals surface area (Å²) < 4.78 is 5.27. The highest BCUT2D eigenvalue weighted by molar-refractivity contribution is 6.03. The van der Waals surface area contributed by atoms with Gasteiger partial charge in [0.1, 0.15) is 17.6 Å². The number of aryl methyl sites for hydroxylation is 1. The van der Waals surface area contributed by atoms with Gasteiger partial charge in [0.05, 0.1) is 7.11 Å². The predicted octanol–water partition coefficient (Wildman–Crippen LogP) is 4.42. The summed E-state index contributed by atoms with van der Waals surface area (Å²) in [5, 5.41) is 5.63. The molecule has 2 N–H and O–H groups in total. The van der Waals surface area contributed by atoms with Crippen molar-refractivity contribution < 1.29 is 19.1 Å². The largest absolute Gasteiger partial charge is 0.497 e. The van der Waals surface area contributed by atoms with Crippen LogP contribution in [0.4, 0.5) is 11.5 Å². The number of hydrogen-bond donors (Lipinski definition) is 2. The molecular formula is C28H32N4O4. The van der Waals surface area contributed by atoms with Crippen LogP contribution in [-0.2, 0) is 14.4 Å². The van der Waals surface area contributed by atoms with Crippen molar-refractivity contribution in [3.8, 4) is 5.75 Å². The van der Waals surface area contributed by atoms with E-state index >= 15 is 0 Å². The van der Waals surface area contributed by atoms with Crippen molar-refractivity contribution in [2.24, 2.45) is 0 Å². The number of nitrogens with zero attached hydrogens (tertiary/aromatic N) is 2. The van der Waals surface area contributed by atoms with Crippen LogP contribution in [0.3, 0.4) is 0 Å². The summed E-state index contributed by atoms with van der Waals surface area (Å²) in [6.45, 7) is 5.65. The molecule has 1 atom stereocenters. The molecule has 3 rings (SSSR count). The van der Waals surface area contributed by atoms with Gasteiger partial charge in [0.25, 0.3) is 0 Å². The van der Waals surface area contributed by atoms with E-state index in [1.165, 1.54) is 4.90 Å². The van der Waals surface area contributed by atoms with Gasteiger partial charge in [0, 0.05) is 30.8 Å². The lowest BCUT2D eigenvalue weighted by atomic mass is 10.0. The maximum Gasteiger partial charge on any atom is 0.248 e. The van der Waals surface area contributed by atoms with Gasteiger partial charge in [0.2, 0.25) is 17.7 Å². The first-order valence-corrected chi connectivity index (χ1v) is 11.8. The molecule has 0 unspecified atom stereocenters. The zero-order valence-corrected chi connectivity index (χ0v) is 21.0. The van der Waals surface area contributed by atoms with E-state index in [4.69, 9.17) is 4.74 Å². The first-order valence-electron chi connectivity index (χ1n) is 11.8. The first kappa shape index (κ1) is 26.4. The van der Waals surface area contributed by atoms with Gasteiger partial charge in [-0.1, -0.05) is 30.3 Å². The standard InChI is InChI=1S/C28H32N4O4/c1-19(2)30-28(35)27(21-11-13-23(36-4)14-12-21)32(22-9-7-8-20(3)18-22)26(34)16-15-25(33)31-24-10-5-6-17-29-24/h5-14,17-19,27H,15-16H2,1-4H3,(H,30,35)(H,29,31,33)/t27-/m1/s1. The van der Waals surface area contributed by atoms with Gasteiger partial charge in [-0.05, 0) is 68.3 Å². The minimum Gasteiger partial charge on any atom is -0.497 e. The number of methoxy groups -OCH3 is 1. The fourth-order valence-corrected chi connectivity index (χ4v) is 3.77. The Balaban J connectivity index is 1.94. The highest BCUT2D eigenvalue weighted by Gasteiger charge is 2.33. The van der Waals surface area contributed by atoms with Crippen LogP contribution >= 0.6 is 0 Å². The zero-order valence-electron chi connectivity index (χ0n) is 21.0. The van der Waals surface area contributed by atoms with Gasteiger partial charge in [-0.2, -0.15) is 0 Å². The summed E-state index contributed by atoms with van der Waals surface area (Å²) in [5.74, 6) is 0.0534. The lowest BCUT2D eigenvalue weighted by molar-refractivity contribution is -0.127. The molecule has 3 aromatic rings. The molecular weight excluding hydrogens is 456 g/mol. The number of anilines is 2. The predicted molar refractivity (Wildman–Crippen MR) is 140 cm³/mol. The lowest BCUT2D eigenvalue weighted by Gasteiger charge is -2.32. The van der Waals surface area contributed by atoms with E-state index in [2.05, 4.69) is 15.6 Å². The Morgan fingerprint density at radius 3 is 2.33 bits per heavy atom. The molecule has 0 aliphatic heterocycles. The molecule has 8 heteroatoms. The second-order valence-electron chi connectivity index (χ2n) is 8.70. The Kier molecular flexibility index (Phi) is 9.16. The number of nitrogens with one attached hydrogen (secondary N) is 2. The highest BCUT2D eigenvalue weighted by Crippen LogP contribution is 2.31. The number of hydrogen-bond acceptors (Lipinski definition) is 5. The smallest absolute Gasteiger partial charge is 0.248 e. The normalized spacial score (nSPS) is 11.5. The second kappa shape index (κ2) is 12.5. The fraction of sp³-hybridized carbons (Fsp3) is 0.286. The van der Waals surface area contributed by atoms with Gasteiger partial charge in [-0.15, -0.1) is 0 Å². The lowest BCUT2D eigenvalue weighted by Crippen LogP contribution is -2.46. The molecule has 36 heavy (non-hydrogen) atoms. The average Bonchev–Trinajstić information content (AvgIpc) is 2.86. The van der Waals surface area contributed by atoms with Crippen LogP contribution in [0.15, 0.2) is 72.9 Å². The third kappa shape index (κ3) is 7.15. The van der Waals surface area contributed by atoms with Crippen molar-refractivity contribution in [1.29, 1.82) is 0 Å². The molecule has 0 fully saturated rings. The van der Waals surface area contributed by atoms with E-state index in [1.54, 1.807) is 61.8 Å². The minimum atomic E-state index is -0.938. The van der Waals surface area contributed by atoms with Gasteiger partial charge in [0.15, 0.2) is 0 Å². The van der Waals surface area contributed by atoms with Crippen molar-refractivity contribution in [1.82, 2.24) is 10.3 Å². The summed E-state index contributed by atoms with van der Waals surface area (Å²) >= 11 is 0. The van der Waals surface area contributed by atoms with Crippen LogP contribution < -0.4 is 20.3 Å². The number of carbonyl (C=O) groups is 3. The number of rotatable bonds is 10. The molecule has 0 aliphatic rings. The van der Waals surface area contributed by atoms with Gasteiger partial charge < -0.3 is 15.4 Å². The number of aromatic nitrogens is 1. The number of benzene rings is 2. The quantitative estimate of drug-likeness (QED) is 0.440. The molecule has 0 saturated carbocycles. The van der Waals surface area contributed by atoms with E-state index in [0.29, 0.717) is 22.8 Å². The summed E-state index contributed by atoms with van der Waals surface area (Å²) in [6, 6.07) is 18.6. The minimum absolute atomic E-state index is 0.0567. The first-order chi connectivity index (χ1) is 17.3. The third-order valence-corrected chi connectivity index (χ3v) is 5.42. The Labute approximate surface area is 211 Å². The maximum absolute atomic E-state index is 13.7.